The molecular weight excluding hydrogens is 250 g/mol. The molecule has 112 valence electrons. The predicted octanol–water partition coefficient (Wildman–Crippen LogP) is 3.52. The molecule has 2 rings (SSSR count). The van der Waals surface area contributed by atoms with Gasteiger partial charge in [-0.15, -0.1) is 0 Å². The minimum absolute atomic E-state index is 0.428. The summed E-state index contributed by atoms with van der Waals surface area (Å²) < 4.78 is 5.29. The van der Waals surface area contributed by atoms with Gasteiger partial charge in [0.15, 0.2) is 0 Å². The molecule has 0 radical (unpaired) electrons. The maximum atomic E-state index is 10.0. The topological polar surface area (TPSA) is 32.7 Å². The van der Waals surface area contributed by atoms with Crippen molar-refractivity contribution < 1.29 is 9.84 Å². The molecule has 0 spiro atoms. The lowest BCUT2D eigenvalue weighted by Gasteiger charge is -2.36. The quantitative estimate of drug-likeness (QED) is 0.827. The van der Waals surface area contributed by atoms with Crippen LogP contribution in [-0.2, 0) is 11.2 Å². The monoisotopic (exact) mass is 277 g/mol. The number of hydrogen-bond donors (Lipinski definition) is 1. The van der Waals surface area contributed by atoms with E-state index in [9.17, 15) is 5.11 Å². The van der Waals surface area contributed by atoms with Crippen molar-refractivity contribution in [2.75, 3.05) is 20.3 Å². The summed E-state index contributed by atoms with van der Waals surface area (Å²) >= 11 is 0. The number of phenols is 1. The summed E-state index contributed by atoms with van der Waals surface area (Å²) in [6.07, 6.45) is 4.40. The fourth-order valence-electron chi connectivity index (χ4n) is 3.50. The summed E-state index contributed by atoms with van der Waals surface area (Å²) in [5.74, 6) is 0.459. The van der Waals surface area contributed by atoms with Crippen LogP contribution < -0.4 is 0 Å². The van der Waals surface area contributed by atoms with Crippen molar-refractivity contribution in [3.05, 3.63) is 29.3 Å². The third kappa shape index (κ3) is 2.99. The Kier molecular flexibility index (Phi) is 5.44. The molecule has 0 saturated heterocycles. The van der Waals surface area contributed by atoms with Crippen LogP contribution in [0.25, 0.3) is 0 Å². The van der Waals surface area contributed by atoms with Crippen molar-refractivity contribution in [3.8, 4) is 5.75 Å². The lowest BCUT2D eigenvalue weighted by atomic mass is 10.0. The molecule has 3 nitrogen and oxygen atoms in total. The summed E-state index contributed by atoms with van der Waals surface area (Å²) in [7, 11) is 1.76. The second kappa shape index (κ2) is 7.09. The molecule has 20 heavy (non-hydrogen) atoms. The van der Waals surface area contributed by atoms with Gasteiger partial charge in [0.2, 0.25) is 0 Å². The third-order valence-electron chi connectivity index (χ3n) is 4.58. The van der Waals surface area contributed by atoms with Gasteiger partial charge in [-0.25, -0.2) is 0 Å². The maximum Gasteiger partial charge on any atom is 0.119 e. The standard InChI is InChI=1S/C17H27NO2/c1-4-13(5-2)18(11-12-20-3)16-10-9-15-14(16)7-6-8-17(15)19/h6-8,13,16,19H,4-5,9-12H2,1-3H3. The molecule has 1 aromatic rings. The third-order valence-corrected chi connectivity index (χ3v) is 4.58. The summed E-state index contributed by atoms with van der Waals surface area (Å²) in [5.41, 5.74) is 2.46. The molecule has 0 heterocycles. The van der Waals surface area contributed by atoms with E-state index < -0.39 is 0 Å². The van der Waals surface area contributed by atoms with Crippen LogP contribution in [0.2, 0.25) is 0 Å². The van der Waals surface area contributed by atoms with Gasteiger partial charge >= 0.3 is 0 Å². The molecule has 0 fully saturated rings. The highest BCUT2D eigenvalue weighted by atomic mass is 16.5. The average Bonchev–Trinajstić information content (AvgIpc) is 2.89. The van der Waals surface area contributed by atoms with Gasteiger partial charge in [-0.05, 0) is 42.9 Å². The molecule has 0 aromatic heterocycles. The Morgan fingerprint density at radius 1 is 1.35 bits per heavy atom. The number of rotatable bonds is 7. The number of hydrogen-bond acceptors (Lipinski definition) is 3. The minimum Gasteiger partial charge on any atom is -0.508 e. The van der Waals surface area contributed by atoms with Gasteiger partial charge in [0.1, 0.15) is 5.75 Å². The molecule has 0 amide bonds. The van der Waals surface area contributed by atoms with Gasteiger partial charge in [-0.1, -0.05) is 26.0 Å². The number of benzene rings is 1. The maximum absolute atomic E-state index is 10.0. The highest BCUT2D eigenvalue weighted by Gasteiger charge is 2.32. The molecule has 3 heteroatoms. The minimum atomic E-state index is 0.428. The Morgan fingerprint density at radius 2 is 2.10 bits per heavy atom. The largest absolute Gasteiger partial charge is 0.508 e. The second-order valence-corrected chi connectivity index (χ2v) is 5.60. The Morgan fingerprint density at radius 3 is 2.75 bits per heavy atom. The Labute approximate surface area is 122 Å². The van der Waals surface area contributed by atoms with Crippen LogP contribution in [0.5, 0.6) is 5.75 Å². The van der Waals surface area contributed by atoms with E-state index >= 15 is 0 Å². The molecule has 0 saturated carbocycles. The van der Waals surface area contributed by atoms with Crippen LogP contribution in [0.15, 0.2) is 18.2 Å². The molecule has 0 aliphatic heterocycles. The number of ether oxygens (including phenoxy) is 1. The highest BCUT2D eigenvalue weighted by Crippen LogP contribution is 2.41. The van der Waals surface area contributed by atoms with Crippen LogP contribution >= 0.6 is 0 Å². The molecule has 1 aliphatic carbocycles. The van der Waals surface area contributed by atoms with E-state index in [2.05, 4.69) is 24.8 Å². The first-order valence-corrected chi connectivity index (χ1v) is 7.78. The lowest BCUT2D eigenvalue weighted by Crippen LogP contribution is -2.39. The molecule has 1 N–H and O–H groups in total. The Hall–Kier alpha value is -1.06. The van der Waals surface area contributed by atoms with Crippen molar-refractivity contribution in [1.29, 1.82) is 0 Å². The molecule has 1 atom stereocenters. The number of nitrogens with zero attached hydrogens (tertiary/aromatic N) is 1. The van der Waals surface area contributed by atoms with Gasteiger partial charge in [0.25, 0.3) is 0 Å². The number of methoxy groups -OCH3 is 1. The van der Waals surface area contributed by atoms with Crippen LogP contribution in [0.4, 0.5) is 0 Å². The van der Waals surface area contributed by atoms with Crippen LogP contribution in [-0.4, -0.2) is 36.3 Å². The summed E-state index contributed by atoms with van der Waals surface area (Å²) in [6, 6.07) is 6.96. The van der Waals surface area contributed by atoms with Gasteiger partial charge < -0.3 is 9.84 Å². The van der Waals surface area contributed by atoms with Crippen LogP contribution in [0, 0.1) is 0 Å². The average molecular weight is 277 g/mol. The number of phenolic OH excluding ortho intramolecular Hbond substituents is 1. The van der Waals surface area contributed by atoms with Crippen molar-refractivity contribution in [2.24, 2.45) is 0 Å². The van der Waals surface area contributed by atoms with Crippen LogP contribution in [0.1, 0.15) is 50.3 Å². The van der Waals surface area contributed by atoms with E-state index in [-0.39, 0.29) is 0 Å². The normalized spacial score (nSPS) is 17.9. The zero-order chi connectivity index (χ0) is 14.5. The fraction of sp³-hybridized carbons (Fsp3) is 0.647. The number of aromatic hydroxyl groups is 1. The zero-order valence-corrected chi connectivity index (χ0v) is 12.9. The van der Waals surface area contributed by atoms with Gasteiger partial charge in [0.05, 0.1) is 6.61 Å². The van der Waals surface area contributed by atoms with Crippen molar-refractivity contribution in [3.63, 3.8) is 0 Å². The first-order chi connectivity index (χ1) is 9.72. The van der Waals surface area contributed by atoms with E-state index in [4.69, 9.17) is 4.74 Å². The van der Waals surface area contributed by atoms with Gasteiger partial charge in [0, 0.05) is 25.7 Å². The summed E-state index contributed by atoms with van der Waals surface area (Å²) in [6.45, 7) is 6.24. The van der Waals surface area contributed by atoms with Crippen molar-refractivity contribution in [1.82, 2.24) is 4.90 Å². The summed E-state index contributed by atoms with van der Waals surface area (Å²) in [5, 5.41) is 10.0. The predicted molar refractivity (Wildman–Crippen MR) is 82.1 cm³/mol. The Bertz CT molecular complexity index is 429. The van der Waals surface area contributed by atoms with E-state index in [0.717, 1.165) is 44.4 Å². The fourth-order valence-corrected chi connectivity index (χ4v) is 3.50. The molecule has 0 bridgehead atoms. The summed E-state index contributed by atoms with van der Waals surface area (Å²) in [4.78, 5) is 2.58. The Balaban J connectivity index is 2.25. The highest BCUT2D eigenvalue weighted by molar-refractivity contribution is 5.44. The number of fused-ring (bicyclic) bond motifs is 1. The smallest absolute Gasteiger partial charge is 0.119 e. The molecule has 1 aromatic carbocycles. The van der Waals surface area contributed by atoms with Gasteiger partial charge in [-0.2, -0.15) is 0 Å². The molecule has 1 unspecified atom stereocenters. The van der Waals surface area contributed by atoms with E-state index in [1.54, 1.807) is 13.2 Å². The SMILES string of the molecule is CCC(CC)N(CCOC)C1CCc2c(O)cccc21. The van der Waals surface area contributed by atoms with E-state index in [1.165, 1.54) is 5.56 Å². The molecule has 1 aliphatic rings. The van der Waals surface area contributed by atoms with E-state index in [0.29, 0.717) is 17.8 Å². The van der Waals surface area contributed by atoms with Gasteiger partial charge in [-0.3, -0.25) is 4.90 Å². The van der Waals surface area contributed by atoms with Crippen molar-refractivity contribution in [2.45, 2.75) is 51.6 Å². The first kappa shape index (κ1) is 15.3. The van der Waals surface area contributed by atoms with Crippen molar-refractivity contribution >= 4 is 0 Å². The van der Waals surface area contributed by atoms with Crippen LogP contribution in [0.3, 0.4) is 0 Å². The lowest BCUT2D eigenvalue weighted by molar-refractivity contribution is 0.0792. The first-order valence-electron chi connectivity index (χ1n) is 7.78. The van der Waals surface area contributed by atoms with E-state index in [1.807, 2.05) is 6.07 Å². The molecular formula is C17H27NO2. The zero-order valence-electron chi connectivity index (χ0n) is 12.9. The second-order valence-electron chi connectivity index (χ2n) is 5.60.